The van der Waals surface area contributed by atoms with Crippen LogP contribution in [-0.4, -0.2) is 58.9 Å². The van der Waals surface area contributed by atoms with Gasteiger partial charge in [-0.05, 0) is 45.6 Å². The third-order valence-electron chi connectivity index (χ3n) is 4.87. The molecule has 0 bridgehead atoms. The lowest BCUT2D eigenvalue weighted by molar-refractivity contribution is -0.133. The van der Waals surface area contributed by atoms with Crippen LogP contribution in [-0.2, 0) is 4.79 Å². The van der Waals surface area contributed by atoms with Gasteiger partial charge in [0.25, 0.3) is 0 Å². The van der Waals surface area contributed by atoms with E-state index in [9.17, 15) is 4.79 Å². The van der Waals surface area contributed by atoms with Crippen LogP contribution in [0.1, 0.15) is 49.7 Å². The highest BCUT2D eigenvalue weighted by Crippen LogP contribution is 2.31. The minimum atomic E-state index is 0.234. The number of likely N-dealkylation sites (tertiary alicyclic amines) is 2. The molecule has 1 aromatic rings. The number of hydrogen-bond donors (Lipinski definition) is 1. The van der Waals surface area contributed by atoms with Gasteiger partial charge >= 0.3 is 0 Å². The third-order valence-corrected chi connectivity index (χ3v) is 4.87. The van der Waals surface area contributed by atoms with Crippen LogP contribution >= 0.6 is 0 Å². The van der Waals surface area contributed by atoms with E-state index in [-0.39, 0.29) is 11.9 Å². The number of hydrogen-bond acceptors (Lipinski definition) is 5. The highest BCUT2D eigenvalue weighted by molar-refractivity contribution is 5.78. The molecule has 2 fully saturated rings. The molecule has 6 heteroatoms. The fraction of sp³-hybridized carbons (Fsp3) is 0.706. The first-order valence-electron chi connectivity index (χ1n) is 8.72. The summed E-state index contributed by atoms with van der Waals surface area (Å²) in [6.07, 6.45) is 5.73. The van der Waals surface area contributed by atoms with E-state index in [1.54, 1.807) is 0 Å². The summed E-state index contributed by atoms with van der Waals surface area (Å²) in [5.41, 5.74) is 1.03. The smallest absolute Gasteiger partial charge is 0.236 e. The number of nitrogens with zero attached hydrogens (tertiary/aromatic N) is 4. The molecule has 2 aliphatic rings. The van der Waals surface area contributed by atoms with Gasteiger partial charge in [0, 0.05) is 26.2 Å². The molecule has 1 N–H and O–H groups in total. The van der Waals surface area contributed by atoms with Gasteiger partial charge in [-0.3, -0.25) is 9.69 Å². The van der Waals surface area contributed by atoms with Crippen LogP contribution in [0.25, 0.3) is 0 Å². The molecule has 0 spiro atoms. The number of piperidine rings is 1. The lowest BCUT2D eigenvalue weighted by atomic mass is 10.1. The van der Waals surface area contributed by atoms with Crippen LogP contribution in [0.15, 0.2) is 6.07 Å². The van der Waals surface area contributed by atoms with Gasteiger partial charge in [0.05, 0.1) is 18.3 Å². The second-order valence-corrected chi connectivity index (χ2v) is 6.55. The Morgan fingerprint density at radius 1 is 1.22 bits per heavy atom. The Hall–Kier alpha value is -1.69. The van der Waals surface area contributed by atoms with Gasteiger partial charge in [-0.25, -0.2) is 9.97 Å². The highest BCUT2D eigenvalue weighted by atomic mass is 16.2. The maximum Gasteiger partial charge on any atom is 0.236 e. The number of aryl methyl sites for hydroxylation is 1. The SMILES string of the molecule is CNc1cc([C@@H]2CCCN2CC(=O)N2CCCCC2)nc(C)n1. The van der Waals surface area contributed by atoms with Crippen molar-refractivity contribution in [2.24, 2.45) is 0 Å². The third kappa shape index (κ3) is 3.80. The molecule has 1 amide bonds. The van der Waals surface area contributed by atoms with Gasteiger partial charge in [0.2, 0.25) is 5.91 Å². The van der Waals surface area contributed by atoms with Crippen LogP contribution in [0.4, 0.5) is 5.82 Å². The lowest BCUT2D eigenvalue weighted by Gasteiger charge is -2.30. The molecule has 1 atom stereocenters. The topological polar surface area (TPSA) is 61.4 Å². The summed E-state index contributed by atoms with van der Waals surface area (Å²) in [6.45, 7) is 5.26. The van der Waals surface area contributed by atoms with Gasteiger partial charge in [-0.1, -0.05) is 0 Å². The van der Waals surface area contributed by atoms with E-state index >= 15 is 0 Å². The van der Waals surface area contributed by atoms with Crippen LogP contribution < -0.4 is 5.32 Å². The van der Waals surface area contributed by atoms with Gasteiger partial charge in [0.15, 0.2) is 0 Å². The maximum atomic E-state index is 12.6. The molecule has 126 valence electrons. The first kappa shape index (κ1) is 16.2. The number of anilines is 1. The van der Waals surface area contributed by atoms with Crippen molar-refractivity contribution in [2.75, 3.05) is 38.5 Å². The minimum absolute atomic E-state index is 0.234. The van der Waals surface area contributed by atoms with Crippen LogP contribution in [0, 0.1) is 6.92 Å². The molecule has 1 aromatic heterocycles. The number of carbonyl (C=O) groups is 1. The van der Waals surface area contributed by atoms with Crippen molar-refractivity contribution in [3.05, 3.63) is 17.6 Å². The minimum Gasteiger partial charge on any atom is -0.373 e. The van der Waals surface area contributed by atoms with E-state index in [0.717, 1.165) is 62.7 Å². The molecule has 0 aliphatic carbocycles. The summed E-state index contributed by atoms with van der Waals surface area (Å²) in [6, 6.07) is 2.25. The van der Waals surface area contributed by atoms with Crippen molar-refractivity contribution in [3.63, 3.8) is 0 Å². The van der Waals surface area contributed by atoms with Gasteiger partial charge in [-0.2, -0.15) is 0 Å². The Bertz CT molecular complexity index is 556. The van der Waals surface area contributed by atoms with E-state index in [1.165, 1.54) is 6.42 Å². The standard InChI is InChI=1S/C17H27N5O/c1-13-19-14(11-16(18-2)20-13)15-7-6-10-22(15)12-17(23)21-8-4-3-5-9-21/h11,15H,3-10,12H2,1-2H3,(H,18,19,20)/t15-/m0/s1. The number of rotatable bonds is 4. The second-order valence-electron chi connectivity index (χ2n) is 6.55. The summed E-state index contributed by atoms with van der Waals surface area (Å²) in [4.78, 5) is 25.9. The lowest BCUT2D eigenvalue weighted by Crippen LogP contribution is -2.42. The van der Waals surface area contributed by atoms with Crippen LogP contribution in [0.2, 0.25) is 0 Å². The average Bonchev–Trinajstić information content (AvgIpc) is 3.03. The molecular weight excluding hydrogens is 290 g/mol. The highest BCUT2D eigenvalue weighted by Gasteiger charge is 2.30. The summed E-state index contributed by atoms with van der Waals surface area (Å²) < 4.78 is 0. The number of nitrogens with one attached hydrogen (secondary N) is 1. The number of aromatic nitrogens is 2. The zero-order valence-electron chi connectivity index (χ0n) is 14.2. The molecule has 0 radical (unpaired) electrons. The zero-order chi connectivity index (χ0) is 16.2. The molecule has 0 unspecified atom stereocenters. The predicted octanol–water partition coefficient (Wildman–Crippen LogP) is 1.98. The molecule has 23 heavy (non-hydrogen) atoms. The Kier molecular flexibility index (Phi) is 5.10. The van der Waals surface area contributed by atoms with E-state index in [0.29, 0.717) is 6.54 Å². The van der Waals surface area contributed by atoms with Crippen LogP contribution in [0.3, 0.4) is 0 Å². The van der Waals surface area contributed by atoms with E-state index in [1.807, 2.05) is 24.9 Å². The molecule has 2 saturated heterocycles. The van der Waals surface area contributed by atoms with Gasteiger partial charge < -0.3 is 10.2 Å². The largest absolute Gasteiger partial charge is 0.373 e. The first-order chi connectivity index (χ1) is 11.2. The van der Waals surface area contributed by atoms with Crippen molar-refractivity contribution >= 4 is 11.7 Å². The Labute approximate surface area is 138 Å². The van der Waals surface area contributed by atoms with Crippen molar-refractivity contribution in [1.29, 1.82) is 0 Å². The number of carbonyl (C=O) groups excluding carboxylic acids is 1. The quantitative estimate of drug-likeness (QED) is 0.920. The van der Waals surface area contributed by atoms with Crippen molar-refractivity contribution in [2.45, 2.75) is 45.1 Å². The van der Waals surface area contributed by atoms with Crippen LogP contribution in [0.5, 0.6) is 0 Å². The normalized spacial score (nSPS) is 22.3. The fourth-order valence-corrected chi connectivity index (χ4v) is 3.66. The monoisotopic (exact) mass is 317 g/mol. The summed E-state index contributed by atoms with van der Waals surface area (Å²) in [5, 5.41) is 3.09. The predicted molar refractivity (Wildman–Crippen MR) is 90.3 cm³/mol. The molecular formula is C17H27N5O. The molecule has 0 saturated carbocycles. The van der Waals surface area contributed by atoms with Crippen molar-refractivity contribution in [1.82, 2.24) is 19.8 Å². The van der Waals surface area contributed by atoms with E-state index in [4.69, 9.17) is 0 Å². The Morgan fingerprint density at radius 2 is 2.00 bits per heavy atom. The second kappa shape index (κ2) is 7.25. The molecule has 2 aliphatic heterocycles. The van der Waals surface area contributed by atoms with E-state index in [2.05, 4.69) is 20.2 Å². The molecule has 3 heterocycles. The number of amides is 1. The molecule has 0 aromatic carbocycles. The van der Waals surface area contributed by atoms with E-state index < -0.39 is 0 Å². The van der Waals surface area contributed by atoms with Crippen molar-refractivity contribution < 1.29 is 4.79 Å². The maximum absolute atomic E-state index is 12.6. The summed E-state index contributed by atoms with van der Waals surface area (Å²) in [7, 11) is 1.87. The summed E-state index contributed by atoms with van der Waals surface area (Å²) >= 11 is 0. The Morgan fingerprint density at radius 3 is 2.74 bits per heavy atom. The first-order valence-corrected chi connectivity index (χ1v) is 8.72. The molecule has 6 nitrogen and oxygen atoms in total. The average molecular weight is 317 g/mol. The van der Waals surface area contributed by atoms with Gasteiger partial charge in [0.1, 0.15) is 11.6 Å². The fourth-order valence-electron chi connectivity index (χ4n) is 3.66. The summed E-state index contributed by atoms with van der Waals surface area (Å²) in [5.74, 6) is 1.90. The zero-order valence-corrected chi connectivity index (χ0v) is 14.2. The van der Waals surface area contributed by atoms with Gasteiger partial charge in [-0.15, -0.1) is 0 Å². The van der Waals surface area contributed by atoms with Crippen molar-refractivity contribution in [3.8, 4) is 0 Å². The molecule has 3 rings (SSSR count). The Balaban J connectivity index is 1.70.